The Kier molecular flexibility index (Phi) is 3.74. The molecule has 1 amide bonds. The molecule has 1 saturated heterocycles. The van der Waals surface area contributed by atoms with Crippen molar-refractivity contribution in [2.75, 3.05) is 13.1 Å². The van der Waals surface area contributed by atoms with Crippen molar-refractivity contribution in [3.63, 3.8) is 0 Å². The first-order chi connectivity index (χ1) is 10.0. The number of rotatable bonds is 4. The maximum atomic E-state index is 12.1. The highest BCUT2D eigenvalue weighted by atomic mass is 16.5. The molecule has 1 aliphatic carbocycles. The van der Waals surface area contributed by atoms with Crippen LogP contribution in [-0.2, 0) is 11.8 Å². The maximum absolute atomic E-state index is 12.1. The molecule has 0 spiro atoms. The molecule has 1 aliphatic heterocycles. The van der Waals surface area contributed by atoms with Gasteiger partial charge >= 0.3 is 0 Å². The lowest BCUT2D eigenvalue weighted by atomic mass is 10.2. The molecule has 1 unspecified atom stereocenters. The maximum Gasteiger partial charge on any atom is 0.254 e. The van der Waals surface area contributed by atoms with Crippen LogP contribution in [0.3, 0.4) is 0 Å². The van der Waals surface area contributed by atoms with Crippen molar-refractivity contribution in [1.82, 2.24) is 9.47 Å². The molecule has 5 heteroatoms. The average Bonchev–Trinajstić information content (AvgIpc) is 3.12. The fraction of sp³-hybridized carbons (Fsp3) is 0.625. The Bertz CT molecular complexity index is 604. The summed E-state index contributed by atoms with van der Waals surface area (Å²) in [7, 11) is 1.75. The molecule has 1 aromatic heterocycles. The molecule has 2 fully saturated rings. The zero-order valence-electron chi connectivity index (χ0n) is 12.7. The smallest absolute Gasteiger partial charge is 0.254 e. The molecule has 21 heavy (non-hydrogen) atoms. The third-order valence-electron chi connectivity index (χ3n) is 4.44. The highest BCUT2D eigenvalue weighted by Gasteiger charge is 2.31. The molecule has 5 nitrogen and oxygen atoms in total. The van der Waals surface area contributed by atoms with Crippen molar-refractivity contribution in [3.8, 4) is 5.75 Å². The van der Waals surface area contributed by atoms with Crippen molar-refractivity contribution in [3.05, 3.63) is 28.2 Å². The Hall–Kier alpha value is -1.78. The van der Waals surface area contributed by atoms with E-state index in [0.717, 1.165) is 18.7 Å². The average molecular weight is 290 g/mol. The van der Waals surface area contributed by atoms with Crippen molar-refractivity contribution >= 4 is 5.91 Å². The summed E-state index contributed by atoms with van der Waals surface area (Å²) in [4.78, 5) is 25.7. The number of carbonyl (C=O) groups excluding carboxylic acids is 1. The quantitative estimate of drug-likeness (QED) is 0.844. The zero-order chi connectivity index (χ0) is 15.0. The van der Waals surface area contributed by atoms with E-state index in [1.54, 1.807) is 11.6 Å². The van der Waals surface area contributed by atoms with Gasteiger partial charge in [0, 0.05) is 38.2 Å². The van der Waals surface area contributed by atoms with Crippen molar-refractivity contribution < 1.29 is 9.53 Å². The summed E-state index contributed by atoms with van der Waals surface area (Å²) >= 11 is 0. The number of nitrogens with zero attached hydrogens (tertiary/aromatic N) is 2. The number of aromatic nitrogens is 1. The largest absolute Gasteiger partial charge is 0.488 e. The minimum Gasteiger partial charge on any atom is -0.488 e. The molecule has 1 saturated carbocycles. The van der Waals surface area contributed by atoms with Gasteiger partial charge in [-0.15, -0.1) is 0 Å². The minimum absolute atomic E-state index is 0.000316. The summed E-state index contributed by atoms with van der Waals surface area (Å²) in [5.41, 5.74) is 0.807. The minimum atomic E-state index is -0.0651. The fourth-order valence-electron chi connectivity index (χ4n) is 2.75. The van der Waals surface area contributed by atoms with Gasteiger partial charge in [0.05, 0.1) is 6.54 Å². The normalized spacial score (nSPS) is 21.6. The standard InChI is InChI=1S/C16H22N2O3/c1-11-7-14(9-15(19)17(11)2)21-13-5-6-18(10-13)16(20)8-12-3-4-12/h7,9,12-13H,3-6,8,10H2,1-2H3. The molecular formula is C16H22N2O3. The highest BCUT2D eigenvalue weighted by molar-refractivity contribution is 5.77. The number of likely N-dealkylation sites (tertiary alicyclic amines) is 1. The predicted molar refractivity (Wildman–Crippen MR) is 79.4 cm³/mol. The second kappa shape index (κ2) is 5.54. The van der Waals surface area contributed by atoms with Crippen LogP contribution in [0, 0.1) is 12.8 Å². The number of hydrogen-bond acceptors (Lipinski definition) is 3. The van der Waals surface area contributed by atoms with Crippen molar-refractivity contribution in [2.45, 2.75) is 38.7 Å². The van der Waals surface area contributed by atoms with Gasteiger partial charge in [-0.25, -0.2) is 0 Å². The van der Waals surface area contributed by atoms with E-state index in [0.29, 0.717) is 24.6 Å². The van der Waals surface area contributed by atoms with Crippen LogP contribution in [0.2, 0.25) is 0 Å². The third-order valence-corrected chi connectivity index (χ3v) is 4.44. The first-order valence-electron chi connectivity index (χ1n) is 7.65. The highest BCUT2D eigenvalue weighted by Crippen LogP contribution is 2.33. The molecule has 0 radical (unpaired) electrons. The first kappa shape index (κ1) is 14.2. The monoisotopic (exact) mass is 290 g/mol. The van der Waals surface area contributed by atoms with E-state index in [1.807, 2.05) is 17.9 Å². The summed E-state index contributed by atoms with van der Waals surface area (Å²) in [5.74, 6) is 1.48. The zero-order valence-corrected chi connectivity index (χ0v) is 12.7. The lowest BCUT2D eigenvalue weighted by Crippen LogP contribution is -2.31. The summed E-state index contributed by atoms with van der Waals surface area (Å²) in [6.45, 7) is 3.29. The van der Waals surface area contributed by atoms with Gasteiger partial charge in [0.15, 0.2) is 0 Å². The van der Waals surface area contributed by atoms with Crippen molar-refractivity contribution in [1.29, 1.82) is 0 Å². The number of pyridine rings is 1. The molecule has 1 aromatic rings. The van der Waals surface area contributed by atoms with Gasteiger partial charge in [0.2, 0.25) is 5.91 Å². The predicted octanol–water partition coefficient (Wildman–Crippen LogP) is 1.47. The van der Waals surface area contributed by atoms with Crippen LogP contribution in [0.1, 0.15) is 31.4 Å². The Labute approximate surface area is 124 Å². The van der Waals surface area contributed by atoms with Gasteiger partial charge in [0.25, 0.3) is 5.56 Å². The van der Waals surface area contributed by atoms with E-state index in [9.17, 15) is 9.59 Å². The lowest BCUT2D eigenvalue weighted by molar-refractivity contribution is -0.130. The lowest BCUT2D eigenvalue weighted by Gasteiger charge is -2.17. The molecule has 0 aromatic carbocycles. The summed E-state index contributed by atoms with van der Waals surface area (Å²) in [6.07, 6.45) is 3.93. The first-order valence-corrected chi connectivity index (χ1v) is 7.65. The second-order valence-corrected chi connectivity index (χ2v) is 6.25. The molecule has 2 aliphatic rings. The van der Waals surface area contributed by atoms with Crippen LogP contribution in [0.5, 0.6) is 5.75 Å². The molecule has 2 heterocycles. The number of ether oxygens (including phenoxy) is 1. The van der Waals surface area contributed by atoms with Crippen LogP contribution < -0.4 is 10.3 Å². The number of hydrogen-bond donors (Lipinski definition) is 0. The van der Waals surface area contributed by atoms with Gasteiger partial charge in [-0.05, 0) is 31.7 Å². The van der Waals surface area contributed by atoms with Gasteiger partial charge < -0.3 is 14.2 Å². The molecule has 0 bridgehead atoms. The van der Waals surface area contributed by atoms with Gasteiger partial charge in [-0.1, -0.05) is 0 Å². The topological polar surface area (TPSA) is 51.5 Å². The number of amides is 1. The summed E-state index contributed by atoms with van der Waals surface area (Å²) < 4.78 is 7.48. The fourth-order valence-corrected chi connectivity index (χ4v) is 2.75. The molecule has 114 valence electrons. The Morgan fingerprint density at radius 2 is 2.10 bits per heavy atom. The molecule has 0 N–H and O–H groups in total. The van der Waals surface area contributed by atoms with Gasteiger partial charge in [-0.2, -0.15) is 0 Å². The van der Waals surface area contributed by atoms with Crippen LogP contribution in [0.15, 0.2) is 16.9 Å². The Balaban J connectivity index is 1.59. The third kappa shape index (κ3) is 3.28. The second-order valence-electron chi connectivity index (χ2n) is 6.25. The Morgan fingerprint density at radius 1 is 1.33 bits per heavy atom. The van der Waals surface area contributed by atoms with E-state index in [1.165, 1.54) is 18.9 Å². The molecule has 3 rings (SSSR count). The van der Waals surface area contributed by atoms with Crippen LogP contribution >= 0.6 is 0 Å². The van der Waals surface area contributed by atoms with Crippen LogP contribution in [-0.4, -0.2) is 34.6 Å². The number of aryl methyl sites for hydroxylation is 1. The number of carbonyl (C=O) groups is 1. The molecular weight excluding hydrogens is 268 g/mol. The summed E-state index contributed by atoms with van der Waals surface area (Å²) in [6, 6.07) is 3.39. The van der Waals surface area contributed by atoms with E-state index in [-0.39, 0.29) is 17.6 Å². The van der Waals surface area contributed by atoms with Crippen LogP contribution in [0.25, 0.3) is 0 Å². The van der Waals surface area contributed by atoms with Crippen molar-refractivity contribution in [2.24, 2.45) is 13.0 Å². The van der Waals surface area contributed by atoms with E-state index in [4.69, 9.17) is 4.74 Å². The molecule has 1 atom stereocenters. The van der Waals surface area contributed by atoms with E-state index < -0.39 is 0 Å². The van der Waals surface area contributed by atoms with Gasteiger partial charge in [0.1, 0.15) is 11.9 Å². The van der Waals surface area contributed by atoms with E-state index in [2.05, 4.69) is 0 Å². The van der Waals surface area contributed by atoms with Crippen LogP contribution in [0.4, 0.5) is 0 Å². The Morgan fingerprint density at radius 3 is 2.76 bits per heavy atom. The SMILES string of the molecule is Cc1cc(OC2CCN(C(=O)CC3CC3)C2)cc(=O)n1C. The van der Waals surface area contributed by atoms with E-state index >= 15 is 0 Å². The summed E-state index contributed by atoms with van der Waals surface area (Å²) in [5, 5.41) is 0. The van der Waals surface area contributed by atoms with Gasteiger partial charge in [-0.3, -0.25) is 9.59 Å².